The second-order valence-corrected chi connectivity index (χ2v) is 9.63. The summed E-state index contributed by atoms with van der Waals surface area (Å²) in [6, 6.07) is 8.81. The Morgan fingerprint density at radius 3 is 2.68 bits per heavy atom. The Balaban J connectivity index is 1.57. The molecule has 0 amide bonds. The maximum Gasteiger partial charge on any atom is 0.160 e. The number of nitrogens with one attached hydrogen (secondary N) is 1. The highest BCUT2D eigenvalue weighted by Gasteiger charge is 2.26. The van der Waals surface area contributed by atoms with E-state index in [0.29, 0.717) is 12.5 Å². The molecule has 8 nitrogen and oxygen atoms in total. The van der Waals surface area contributed by atoms with Crippen molar-refractivity contribution in [2.75, 3.05) is 51.4 Å². The first-order chi connectivity index (χ1) is 16.5. The predicted molar refractivity (Wildman–Crippen MR) is 134 cm³/mol. The van der Waals surface area contributed by atoms with Gasteiger partial charge in [-0.3, -0.25) is 0 Å². The molecular formula is C26H35N5O3. The van der Waals surface area contributed by atoms with Gasteiger partial charge in [0, 0.05) is 31.2 Å². The van der Waals surface area contributed by atoms with Gasteiger partial charge in [-0.1, -0.05) is 0 Å². The molecule has 0 spiro atoms. The van der Waals surface area contributed by atoms with Crippen molar-refractivity contribution in [1.82, 2.24) is 20.1 Å². The topological polar surface area (TPSA) is 84.7 Å². The molecule has 0 bridgehead atoms. The Bertz CT molecular complexity index is 1130. The summed E-state index contributed by atoms with van der Waals surface area (Å²) in [5.74, 6) is 1.36. The molecule has 2 fully saturated rings. The van der Waals surface area contributed by atoms with Crippen molar-refractivity contribution in [2.45, 2.75) is 44.8 Å². The van der Waals surface area contributed by atoms with Gasteiger partial charge in [0.15, 0.2) is 5.65 Å². The number of aliphatic hydroxyl groups excluding tert-OH is 1. The van der Waals surface area contributed by atoms with Gasteiger partial charge in [-0.2, -0.15) is 5.10 Å². The fourth-order valence-electron chi connectivity index (χ4n) is 4.59. The van der Waals surface area contributed by atoms with Gasteiger partial charge in [0.05, 0.1) is 36.2 Å². The molecule has 3 aromatic rings. The molecule has 1 aliphatic heterocycles. The number of aromatic nitrogens is 3. The number of morpholine rings is 1. The second-order valence-electron chi connectivity index (χ2n) is 9.63. The summed E-state index contributed by atoms with van der Waals surface area (Å²) < 4.78 is 13.6. The molecule has 8 heteroatoms. The number of benzene rings is 1. The van der Waals surface area contributed by atoms with Crippen LogP contribution in [-0.4, -0.2) is 72.5 Å². The largest absolute Gasteiger partial charge is 0.491 e. The minimum Gasteiger partial charge on any atom is -0.491 e. The summed E-state index contributed by atoms with van der Waals surface area (Å²) in [7, 11) is 1.82. The zero-order valence-corrected chi connectivity index (χ0v) is 20.3. The van der Waals surface area contributed by atoms with Crippen LogP contribution in [0.3, 0.4) is 0 Å². The Kier molecular flexibility index (Phi) is 6.72. The van der Waals surface area contributed by atoms with Crippen LogP contribution in [0.2, 0.25) is 0 Å². The van der Waals surface area contributed by atoms with E-state index in [1.807, 2.05) is 24.0 Å². The third kappa shape index (κ3) is 4.89. The Hall–Kier alpha value is -2.68. The van der Waals surface area contributed by atoms with E-state index in [-0.39, 0.29) is 12.6 Å². The van der Waals surface area contributed by atoms with Crippen molar-refractivity contribution in [3.05, 3.63) is 36.0 Å². The maximum atomic E-state index is 10.1. The maximum absolute atomic E-state index is 10.1. The lowest BCUT2D eigenvalue weighted by atomic mass is 10.0. The average Bonchev–Trinajstić information content (AvgIpc) is 3.61. The first-order valence-corrected chi connectivity index (χ1v) is 12.3. The Labute approximate surface area is 200 Å². The van der Waals surface area contributed by atoms with Crippen LogP contribution in [0.15, 0.2) is 30.5 Å². The van der Waals surface area contributed by atoms with E-state index in [1.54, 1.807) is 0 Å². The van der Waals surface area contributed by atoms with Crippen LogP contribution in [0.25, 0.3) is 22.3 Å². The summed E-state index contributed by atoms with van der Waals surface area (Å²) in [6.07, 6.45) is 3.80. The van der Waals surface area contributed by atoms with Gasteiger partial charge in [-0.15, -0.1) is 0 Å². The van der Waals surface area contributed by atoms with Crippen molar-refractivity contribution < 1.29 is 14.6 Å². The Morgan fingerprint density at radius 2 is 1.97 bits per heavy atom. The number of likely N-dealkylation sites (N-methyl/N-ethyl adjacent to an activating group) is 1. The molecule has 1 aromatic carbocycles. The number of fused-ring (bicyclic) bond motifs is 1. The van der Waals surface area contributed by atoms with Crippen LogP contribution in [0.4, 0.5) is 5.69 Å². The first kappa shape index (κ1) is 23.1. The molecule has 34 heavy (non-hydrogen) atoms. The molecule has 2 N–H and O–H groups in total. The quantitative estimate of drug-likeness (QED) is 0.501. The number of nitrogens with zero attached hydrogens (tertiary/aromatic N) is 4. The molecule has 0 radical (unpaired) electrons. The summed E-state index contributed by atoms with van der Waals surface area (Å²) in [4.78, 5) is 7.47. The van der Waals surface area contributed by atoms with E-state index in [4.69, 9.17) is 14.5 Å². The highest BCUT2D eigenvalue weighted by Crippen LogP contribution is 2.43. The van der Waals surface area contributed by atoms with E-state index in [2.05, 4.69) is 47.4 Å². The molecule has 1 unspecified atom stereocenters. The summed E-state index contributed by atoms with van der Waals surface area (Å²) in [5.41, 5.74) is 5.29. The molecule has 182 valence electrons. The Morgan fingerprint density at radius 1 is 1.18 bits per heavy atom. The molecule has 1 atom stereocenters. The third-order valence-corrected chi connectivity index (χ3v) is 6.54. The smallest absolute Gasteiger partial charge is 0.160 e. The number of rotatable bonds is 9. The van der Waals surface area contributed by atoms with Gasteiger partial charge < -0.3 is 24.8 Å². The van der Waals surface area contributed by atoms with Crippen LogP contribution in [-0.2, 0) is 4.74 Å². The fraction of sp³-hybridized carbons (Fsp3) is 0.538. The number of hydrogen-bond acceptors (Lipinski definition) is 7. The lowest BCUT2D eigenvalue weighted by Crippen LogP contribution is -2.36. The third-order valence-electron chi connectivity index (χ3n) is 6.54. The number of anilines is 1. The zero-order chi connectivity index (χ0) is 23.7. The first-order valence-electron chi connectivity index (χ1n) is 12.3. The van der Waals surface area contributed by atoms with Crippen molar-refractivity contribution >= 4 is 16.7 Å². The summed E-state index contributed by atoms with van der Waals surface area (Å²) in [6.45, 7) is 8.16. The number of pyridine rings is 1. The van der Waals surface area contributed by atoms with Crippen LogP contribution in [0.1, 0.15) is 44.2 Å². The van der Waals surface area contributed by atoms with Crippen molar-refractivity contribution in [1.29, 1.82) is 0 Å². The van der Waals surface area contributed by atoms with Crippen molar-refractivity contribution in [2.24, 2.45) is 0 Å². The number of ether oxygens (including phenoxy) is 2. The van der Waals surface area contributed by atoms with Crippen molar-refractivity contribution in [3.63, 3.8) is 0 Å². The molecule has 2 aliphatic rings. The molecule has 1 saturated heterocycles. The molecular weight excluding hydrogens is 430 g/mol. The summed E-state index contributed by atoms with van der Waals surface area (Å²) >= 11 is 0. The summed E-state index contributed by atoms with van der Waals surface area (Å²) in [5, 5.41) is 18.8. The fourth-order valence-corrected chi connectivity index (χ4v) is 4.59. The molecule has 5 rings (SSSR count). The van der Waals surface area contributed by atoms with E-state index in [9.17, 15) is 5.11 Å². The standard InChI is InChI=1S/C26H35N5O3/c1-17(2)31-26-23(15-28-31)25(30-6-8-33-9-7-30)13-24(29-26)20-10-19(18-4-5-18)11-22(12-20)34-16-21(32)14-27-3/h10-13,15,17-18,21,27,32H,4-9,14,16H2,1-3H3. The van der Waals surface area contributed by atoms with E-state index in [1.165, 1.54) is 18.4 Å². The average molecular weight is 466 g/mol. The van der Waals surface area contributed by atoms with Crippen LogP contribution in [0, 0.1) is 0 Å². The van der Waals surface area contributed by atoms with Gasteiger partial charge in [0.25, 0.3) is 0 Å². The number of hydrogen-bond donors (Lipinski definition) is 2. The lowest BCUT2D eigenvalue weighted by Gasteiger charge is -2.29. The van der Waals surface area contributed by atoms with Gasteiger partial charge in [-0.05, 0) is 69.5 Å². The zero-order valence-electron chi connectivity index (χ0n) is 20.3. The monoisotopic (exact) mass is 465 g/mol. The van der Waals surface area contributed by atoms with Gasteiger partial charge in [0.1, 0.15) is 18.5 Å². The lowest BCUT2D eigenvalue weighted by molar-refractivity contribution is 0.108. The van der Waals surface area contributed by atoms with Gasteiger partial charge in [0.2, 0.25) is 0 Å². The molecule has 1 aliphatic carbocycles. The molecule has 1 saturated carbocycles. The molecule has 3 heterocycles. The van der Waals surface area contributed by atoms with Crippen molar-refractivity contribution in [3.8, 4) is 17.0 Å². The second kappa shape index (κ2) is 9.90. The van der Waals surface area contributed by atoms with Crippen LogP contribution in [0.5, 0.6) is 5.75 Å². The van der Waals surface area contributed by atoms with Crippen LogP contribution >= 0.6 is 0 Å². The minimum absolute atomic E-state index is 0.211. The SMILES string of the molecule is CNCC(O)COc1cc(-c2cc(N3CCOCC3)c3cnn(C(C)C)c3n2)cc(C2CC2)c1. The predicted octanol–water partition coefficient (Wildman–Crippen LogP) is 3.35. The van der Waals surface area contributed by atoms with E-state index >= 15 is 0 Å². The highest BCUT2D eigenvalue weighted by molar-refractivity contribution is 5.92. The number of aliphatic hydroxyl groups is 1. The molecule has 2 aromatic heterocycles. The van der Waals surface area contributed by atoms with Gasteiger partial charge >= 0.3 is 0 Å². The normalized spacial score (nSPS) is 17.5. The minimum atomic E-state index is -0.555. The highest BCUT2D eigenvalue weighted by atomic mass is 16.5. The van der Waals surface area contributed by atoms with E-state index < -0.39 is 6.10 Å². The van der Waals surface area contributed by atoms with Crippen LogP contribution < -0.4 is 15.0 Å². The van der Waals surface area contributed by atoms with Gasteiger partial charge in [-0.25, -0.2) is 9.67 Å². The van der Waals surface area contributed by atoms with E-state index in [0.717, 1.165) is 60.0 Å².